The van der Waals surface area contributed by atoms with Crippen LogP contribution in [0.4, 0.5) is 0 Å². The highest BCUT2D eigenvalue weighted by atomic mass is 16.4. The van der Waals surface area contributed by atoms with Crippen molar-refractivity contribution < 1.29 is 9.90 Å². The molecule has 0 bridgehead atoms. The van der Waals surface area contributed by atoms with Gasteiger partial charge in [0.25, 0.3) is 0 Å². The Hall–Kier alpha value is -1.58. The summed E-state index contributed by atoms with van der Waals surface area (Å²) >= 11 is 0. The fourth-order valence-electron chi connectivity index (χ4n) is 2.36. The minimum absolute atomic E-state index is 0.0334. The Labute approximate surface area is 114 Å². The lowest BCUT2D eigenvalue weighted by Crippen LogP contribution is -2.27. The quantitative estimate of drug-likeness (QED) is 0.910. The maximum atomic E-state index is 11.4. The predicted molar refractivity (Wildman–Crippen MR) is 75.4 cm³/mol. The standard InChI is InChI=1S/C15H23NO3/c1-10-6-13(17)7-11(2)16(10)9-12(14(18)19)8-15(3,4)5/h6-7,12H,8-9H2,1-5H3,(H,18,19). The molecule has 1 aromatic rings. The Kier molecular flexibility index (Phi) is 4.56. The lowest BCUT2D eigenvalue weighted by atomic mass is 9.84. The molecule has 0 aliphatic heterocycles. The van der Waals surface area contributed by atoms with Crippen molar-refractivity contribution in [1.82, 2.24) is 4.57 Å². The van der Waals surface area contributed by atoms with Crippen molar-refractivity contribution in [3.8, 4) is 0 Å². The van der Waals surface area contributed by atoms with E-state index in [0.717, 1.165) is 11.4 Å². The van der Waals surface area contributed by atoms with Crippen LogP contribution in [0.2, 0.25) is 0 Å². The Morgan fingerprint density at radius 3 is 2.11 bits per heavy atom. The molecule has 0 aromatic carbocycles. The van der Waals surface area contributed by atoms with Crippen LogP contribution in [0.25, 0.3) is 0 Å². The molecule has 19 heavy (non-hydrogen) atoms. The van der Waals surface area contributed by atoms with E-state index in [1.165, 1.54) is 0 Å². The fourth-order valence-corrected chi connectivity index (χ4v) is 2.36. The van der Waals surface area contributed by atoms with E-state index in [4.69, 9.17) is 0 Å². The number of aryl methyl sites for hydroxylation is 2. The van der Waals surface area contributed by atoms with Gasteiger partial charge in [-0.2, -0.15) is 0 Å². The van der Waals surface area contributed by atoms with Crippen molar-refractivity contribution in [2.24, 2.45) is 11.3 Å². The van der Waals surface area contributed by atoms with Gasteiger partial charge in [0.1, 0.15) is 0 Å². The van der Waals surface area contributed by atoms with E-state index in [1.807, 2.05) is 39.2 Å². The van der Waals surface area contributed by atoms with E-state index in [2.05, 4.69) is 0 Å². The summed E-state index contributed by atoms with van der Waals surface area (Å²) in [4.78, 5) is 22.8. The molecule has 1 rings (SSSR count). The highest BCUT2D eigenvalue weighted by Gasteiger charge is 2.25. The average Bonchev–Trinajstić information content (AvgIpc) is 2.19. The number of nitrogens with zero attached hydrogens (tertiary/aromatic N) is 1. The molecule has 0 aliphatic carbocycles. The van der Waals surface area contributed by atoms with Crippen molar-refractivity contribution in [1.29, 1.82) is 0 Å². The normalized spacial score (nSPS) is 13.3. The highest BCUT2D eigenvalue weighted by molar-refractivity contribution is 5.70. The molecule has 0 spiro atoms. The van der Waals surface area contributed by atoms with Crippen LogP contribution in [0.3, 0.4) is 0 Å². The Morgan fingerprint density at radius 1 is 1.26 bits per heavy atom. The van der Waals surface area contributed by atoms with Gasteiger partial charge in [0, 0.05) is 30.1 Å². The van der Waals surface area contributed by atoms with Crippen molar-refractivity contribution >= 4 is 5.97 Å². The van der Waals surface area contributed by atoms with Crippen LogP contribution >= 0.6 is 0 Å². The molecule has 1 aromatic heterocycles. The lowest BCUT2D eigenvalue weighted by molar-refractivity contribution is -0.143. The van der Waals surface area contributed by atoms with Gasteiger partial charge < -0.3 is 9.67 Å². The van der Waals surface area contributed by atoms with Crippen LogP contribution in [0.15, 0.2) is 16.9 Å². The molecule has 0 fully saturated rings. The number of aliphatic carboxylic acids is 1. The zero-order valence-corrected chi connectivity index (χ0v) is 12.4. The predicted octanol–water partition coefficient (Wildman–Crippen LogP) is 2.60. The summed E-state index contributed by atoms with van der Waals surface area (Å²) in [6.45, 7) is 10.2. The van der Waals surface area contributed by atoms with E-state index in [1.54, 1.807) is 12.1 Å². The minimum atomic E-state index is -0.785. The van der Waals surface area contributed by atoms with Gasteiger partial charge in [-0.3, -0.25) is 9.59 Å². The number of hydrogen-bond donors (Lipinski definition) is 1. The molecule has 1 unspecified atom stereocenters. The van der Waals surface area contributed by atoms with E-state index in [9.17, 15) is 14.7 Å². The molecule has 4 nitrogen and oxygen atoms in total. The molecular weight excluding hydrogens is 242 g/mol. The first-order valence-corrected chi connectivity index (χ1v) is 6.51. The summed E-state index contributed by atoms with van der Waals surface area (Å²) in [7, 11) is 0. The molecule has 4 heteroatoms. The van der Waals surface area contributed by atoms with E-state index < -0.39 is 11.9 Å². The molecule has 0 aliphatic rings. The zero-order valence-electron chi connectivity index (χ0n) is 12.4. The molecule has 106 valence electrons. The van der Waals surface area contributed by atoms with Gasteiger partial charge in [-0.05, 0) is 25.7 Å². The molecule has 0 saturated carbocycles. The second-order valence-electron chi connectivity index (χ2n) is 6.38. The first kappa shape index (κ1) is 15.5. The molecule has 1 atom stereocenters. The number of rotatable bonds is 4. The summed E-state index contributed by atoms with van der Waals surface area (Å²) in [6.07, 6.45) is 0.605. The second-order valence-corrected chi connectivity index (χ2v) is 6.38. The van der Waals surface area contributed by atoms with Gasteiger partial charge in [-0.25, -0.2) is 0 Å². The number of carboxylic acids is 1. The minimum Gasteiger partial charge on any atom is -0.481 e. The molecule has 0 amide bonds. The molecular formula is C15H23NO3. The Balaban J connectivity index is 3.04. The highest BCUT2D eigenvalue weighted by Crippen LogP contribution is 2.26. The third-order valence-electron chi connectivity index (χ3n) is 3.16. The molecule has 1 N–H and O–H groups in total. The lowest BCUT2D eigenvalue weighted by Gasteiger charge is -2.25. The largest absolute Gasteiger partial charge is 0.481 e. The summed E-state index contributed by atoms with van der Waals surface area (Å²) in [5.74, 6) is -1.23. The molecule has 1 heterocycles. The Morgan fingerprint density at radius 2 is 1.74 bits per heavy atom. The third-order valence-corrected chi connectivity index (χ3v) is 3.16. The van der Waals surface area contributed by atoms with Crippen molar-refractivity contribution in [3.63, 3.8) is 0 Å². The van der Waals surface area contributed by atoms with E-state index in [-0.39, 0.29) is 10.8 Å². The van der Waals surface area contributed by atoms with Crippen LogP contribution in [-0.4, -0.2) is 15.6 Å². The summed E-state index contributed by atoms with van der Waals surface area (Å²) in [5, 5.41) is 9.36. The maximum absolute atomic E-state index is 11.4. The van der Waals surface area contributed by atoms with Crippen molar-refractivity contribution in [3.05, 3.63) is 33.7 Å². The van der Waals surface area contributed by atoms with Gasteiger partial charge in [0.05, 0.1) is 5.92 Å². The van der Waals surface area contributed by atoms with Gasteiger partial charge in [0.15, 0.2) is 5.43 Å². The Bertz CT molecular complexity index is 497. The van der Waals surface area contributed by atoms with Gasteiger partial charge in [0.2, 0.25) is 0 Å². The van der Waals surface area contributed by atoms with Crippen LogP contribution in [-0.2, 0) is 11.3 Å². The monoisotopic (exact) mass is 265 g/mol. The van der Waals surface area contributed by atoms with Gasteiger partial charge in [-0.1, -0.05) is 20.8 Å². The van der Waals surface area contributed by atoms with E-state index >= 15 is 0 Å². The van der Waals surface area contributed by atoms with Crippen LogP contribution < -0.4 is 5.43 Å². The summed E-state index contributed by atoms with van der Waals surface area (Å²) in [6, 6.07) is 3.09. The summed E-state index contributed by atoms with van der Waals surface area (Å²) in [5.41, 5.74) is 1.55. The number of carbonyl (C=O) groups is 1. The smallest absolute Gasteiger partial charge is 0.308 e. The second kappa shape index (κ2) is 5.59. The first-order valence-electron chi connectivity index (χ1n) is 6.51. The van der Waals surface area contributed by atoms with Crippen LogP contribution in [0.1, 0.15) is 38.6 Å². The number of carboxylic acid groups (broad SMARTS) is 1. The maximum Gasteiger partial charge on any atom is 0.308 e. The third kappa shape index (κ3) is 4.54. The van der Waals surface area contributed by atoms with E-state index in [0.29, 0.717) is 13.0 Å². The topological polar surface area (TPSA) is 59.3 Å². The number of pyridine rings is 1. The SMILES string of the molecule is Cc1cc(=O)cc(C)n1CC(CC(C)(C)C)C(=O)O. The number of hydrogen-bond acceptors (Lipinski definition) is 2. The molecule has 0 saturated heterocycles. The van der Waals surface area contributed by atoms with Gasteiger partial charge >= 0.3 is 5.97 Å². The van der Waals surface area contributed by atoms with Crippen LogP contribution in [0.5, 0.6) is 0 Å². The number of aromatic nitrogens is 1. The first-order chi connectivity index (χ1) is 8.60. The summed E-state index contributed by atoms with van der Waals surface area (Å²) < 4.78 is 1.91. The fraction of sp³-hybridized carbons (Fsp3) is 0.600. The van der Waals surface area contributed by atoms with Gasteiger partial charge in [-0.15, -0.1) is 0 Å². The van der Waals surface area contributed by atoms with Crippen molar-refractivity contribution in [2.45, 2.75) is 47.6 Å². The van der Waals surface area contributed by atoms with Crippen LogP contribution in [0, 0.1) is 25.2 Å². The molecule has 0 radical (unpaired) electrons. The average molecular weight is 265 g/mol. The van der Waals surface area contributed by atoms with Crippen molar-refractivity contribution in [2.75, 3.05) is 0 Å². The zero-order chi connectivity index (χ0) is 14.8.